The average molecular weight is 315 g/mol. The first-order valence-corrected chi connectivity index (χ1v) is 7.02. The number of halogens is 1. The van der Waals surface area contributed by atoms with Crippen LogP contribution in [-0.2, 0) is 11.3 Å². The highest BCUT2D eigenvalue weighted by Crippen LogP contribution is 2.22. The van der Waals surface area contributed by atoms with E-state index in [-0.39, 0.29) is 18.8 Å². The number of anilines is 2. The summed E-state index contributed by atoms with van der Waals surface area (Å²) < 4.78 is 18.3. The molecule has 5 N–H and O–H groups in total. The maximum Gasteiger partial charge on any atom is 0.407 e. The van der Waals surface area contributed by atoms with Gasteiger partial charge < -0.3 is 21.5 Å². The van der Waals surface area contributed by atoms with E-state index < -0.39 is 11.9 Å². The van der Waals surface area contributed by atoms with Gasteiger partial charge in [0.25, 0.3) is 0 Å². The van der Waals surface area contributed by atoms with Gasteiger partial charge in [-0.15, -0.1) is 0 Å². The van der Waals surface area contributed by atoms with Crippen LogP contribution in [0.5, 0.6) is 0 Å². The minimum Gasteiger partial charge on any atom is -0.445 e. The number of nitrogens with one attached hydrogen (secondary N) is 1. The van der Waals surface area contributed by atoms with Crippen molar-refractivity contribution in [2.75, 3.05) is 18.0 Å². The van der Waals surface area contributed by atoms with Crippen molar-refractivity contribution >= 4 is 23.5 Å². The number of hydrogen-bond acceptors (Lipinski definition) is 4. The Hall–Kier alpha value is -3.02. The Kier molecular flexibility index (Phi) is 5.57. The molecule has 0 unspecified atom stereocenters. The van der Waals surface area contributed by atoms with Gasteiger partial charge in [0, 0.05) is 12.1 Å². The minimum atomic E-state index is -0.537. The highest BCUT2D eigenvalue weighted by atomic mass is 19.1. The standard InChI is InChI=1S/C17H18FN3O2/c18-14-9-13(16(20)15(19)10-14)7-4-8-21-17(22)23-11-12-5-2-1-3-6-12/h1-7,9-10H,8,11,19-20H2,(H,21,22). The predicted octanol–water partition coefficient (Wildman–Crippen LogP) is 2.93. The second-order valence-corrected chi connectivity index (χ2v) is 4.84. The molecule has 5 nitrogen and oxygen atoms in total. The fourth-order valence-electron chi connectivity index (χ4n) is 1.90. The van der Waals surface area contributed by atoms with Crippen molar-refractivity contribution < 1.29 is 13.9 Å². The molecule has 0 aliphatic carbocycles. The van der Waals surface area contributed by atoms with E-state index in [4.69, 9.17) is 16.2 Å². The number of nitrogen functional groups attached to an aromatic ring is 2. The Balaban J connectivity index is 1.79. The molecule has 23 heavy (non-hydrogen) atoms. The third-order valence-electron chi connectivity index (χ3n) is 3.08. The average Bonchev–Trinajstić information content (AvgIpc) is 2.54. The van der Waals surface area contributed by atoms with Gasteiger partial charge in [0.15, 0.2) is 0 Å². The molecule has 0 radical (unpaired) electrons. The molecule has 0 aromatic heterocycles. The maximum atomic E-state index is 13.2. The van der Waals surface area contributed by atoms with Crippen molar-refractivity contribution in [3.8, 4) is 0 Å². The van der Waals surface area contributed by atoms with Gasteiger partial charge in [-0.2, -0.15) is 0 Å². The SMILES string of the molecule is Nc1cc(F)cc(C=CCNC(=O)OCc2ccccc2)c1N. The second kappa shape index (κ2) is 7.84. The lowest BCUT2D eigenvalue weighted by Gasteiger charge is -2.06. The van der Waals surface area contributed by atoms with E-state index in [0.29, 0.717) is 11.3 Å². The van der Waals surface area contributed by atoms with E-state index in [1.807, 2.05) is 30.3 Å². The van der Waals surface area contributed by atoms with Crippen LogP contribution >= 0.6 is 0 Å². The quantitative estimate of drug-likeness (QED) is 0.740. The van der Waals surface area contributed by atoms with E-state index in [1.165, 1.54) is 6.07 Å². The van der Waals surface area contributed by atoms with Crippen LogP contribution in [0.2, 0.25) is 0 Å². The molecule has 0 aliphatic rings. The van der Waals surface area contributed by atoms with Crippen LogP contribution in [0.4, 0.5) is 20.6 Å². The fourth-order valence-corrected chi connectivity index (χ4v) is 1.90. The van der Waals surface area contributed by atoms with Gasteiger partial charge in [0.2, 0.25) is 0 Å². The molecular formula is C17H18FN3O2. The van der Waals surface area contributed by atoms with Crippen LogP contribution in [0.1, 0.15) is 11.1 Å². The molecule has 2 aromatic carbocycles. The van der Waals surface area contributed by atoms with E-state index in [0.717, 1.165) is 11.6 Å². The van der Waals surface area contributed by atoms with Crippen molar-refractivity contribution in [3.63, 3.8) is 0 Å². The number of carbonyl (C=O) groups is 1. The Bertz CT molecular complexity index is 702. The Morgan fingerprint density at radius 2 is 1.96 bits per heavy atom. The first-order chi connectivity index (χ1) is 11.1. The topological polar surface area (TPSA) is 90.4 Å². The van der Waals surface area contributed by atoms with Crippen molar-refractivity contribution in [2.24, 2.45) is 0 Å². The maximum absolute atomic E-state index is 13.2. The Morgan fingerprint density at radius 3 is 2.70 bits per heavy atom. The second-order valence-electron chi connectivity index (χ2n) is 4.84. The van der Waals surface area contributed by atoms with Gasteiger partial charge in [-0.1, -0.05) is 42.5 Å². The molecule has 0 aliphatic heterocycles. The minimum absolute atomic E-state index is 0.180. The van der Waals surface area contributed by atoms with Crippen LogP contribution in [-0.4, -0.2) is 12.6 Å². The number of carbonyl (C=O) groups excluding carboxylic acids is 1. The lowest BCUT2D eigenvalue weighted by molar-refractivity contribution is 0.141. The van der Waals surface area contributed by atoms with Crippen LogP contribution in [0.3, 0.4) is 0 Å². The van der Waals surface area contributed by atoms with Crippen molar-refractivity contribution in [1.82, 2.24) is 5.32 Å². The summed E-state index contributed by atoms with van der Waals surface area (Å²) in [5, 5.41) is 2.56. The molecule has 1 amide bonds. The molecule has 2 aromatic rings. The Morgan fingerprint density at radius 1 is 1.22 bits per heavy atom. The van der Waals surface area contributed by atoms with E-state index in [1.54, 1.807) is 12.2 Å². The Labute approximate surface area is 133 Å². The first kappa shape index (κ1) is 16.4. The number of rotatable bonds is 5. The number of benzene rings is 2. The molecule has 2 rings (SSSR count). The van der Waals surface area contributed by atoms with Gasteiger partial charge in [0.1, 0.15) is 12.4 Å². The number of nitrogens with two attached hydrogens (primary N) is 2. The van der Waals surface area contributed by atoms with Gasteiger partial charge in [-0.05, 0) is 17.7 Å². The van der Waals surface area contributed by atoms with Crippen molar-refractivity contribution in [1.29, 1.82) is 0 Å². The molecule has 0 fully saturated rings. The fraction of sp³-hybridized carbons (Fsp3) is 0.118. The zero-order valence-corrected chi connectivity index (χ0v) is 12.5. The number of alkyl carbamates (subject to hydrolysis) is 1. The van der Waals surface area contributed by atoms with Crippen LogP contribution in [0, 0.1) is 5.82 Å². The molecule has 0 saturated heterocycles. The smallest absolute Gasteiger partial charge is 0.407 e. The molecule has 0 heterocycles. The van der Waals surface area contributed by atoms with E-state index in [2.05, 4.69) is 5.32 Å². The zero-order chi connectivity index (χ0) is 16.7. The third-order valence-corrected chi connectivity index (χ3v) is 3.08. The molecule has 0 atom stereocenters. The molecule has 120 valence electrons. The molecular weight excluding hydrogens is 297 g/mol. The molecule has 6 heteroatoms. The highest BCUT2D eigenvalue weighted by molar-refractivity contribution is 5.76. The van der Waals surface area contributed by atoms with E-state index in [9.17, 15) is 9.18 Å². The monoisotopic (exact) mass is 315 g/mol. The largest absolute Gasteiger partial charge is 0.445 e. The number of hydrogen-bond donors (Lipinski definition) is 3. The van der Waals surface area contributed by atoms with Gasteiger partial charge in [-0.25, -0.2) is 9.18 Å². The summed E-state index contributed by atoms with van der Waals surface area (Å²) in [6, 6.07) is 11.8. The summed E-state index contributed by atoms with van der Waals surface area (Å²) in [6.45, 7) is 0.424. The van der Waals surface area contributed by atoms with Crippen LogP contribution in [0.15, 0.2) is 48.5 Å². The number of amides is 1. The van der Waals surface area contributed by atoms with Crippen LogP contribution in [0.25, 0.3) is 6.08 Å². The van der Waals surface area contributed by atoms with Crippen LogP contribution < -0.4 is 16.8 Å². The summed E-state index contributed by atoms with van der Waals surface area (Å²) in [5.74, 6) is -0.466. The molecule has 0 bridgehead atoms. The van der Waals surface area contributed by atoms with Gasteiger partial charge >= 0.3 is 6.09 Å². The summed E-state index contributed by atoms with van der Waals surface area (Å²) in [6.07, 6.45) is 2.69. The van der Waals surface area contributed by atoms with Crippen molar-refractivity contribution in [2.45, 2.75) is 6.61 Å². The number of ether oxygens (including phenoxy) is 1. The normalized spacial score (nSPS) is 10.7. The lowest BCUT2D eigenvalue weighted by Crippen LogP contribution is -2.24. The highest BCUT2D eigenvalue weighted by Gasteiger charge is 2.03. The summed E-state index contributed by atoms with van der Waals surface area (Å²) in [7, 11) is 0. The molecule has 0 spiro atoms. The zero-order valence-electron chi connectivity index (χ0n) is 12.5. The third kappa shape index (κ3) is 5.03. The summed E-state index contributed by atoms with van der Waals surface area (Å²) in [4.78, 5) is 11.5. The first-order valence-electron chi connectivity index (χ1n) is 7.02. The predicted molar refractivity (Wildman–Crippen MR) is 88.9 cm³/mol. The lowest BCUT2D eigenvalue weighted by atomic mass is 10.1. The van der Waals surface area contributed by atoms with Gasteiger partial charge in [0.05, 0.1) is 11.4 Å². The molecule has 0 saturated carbocycles. The summed E-state index contributed by atoms with van der Waals surface area (Å²) >= 11 is 0. The summed E-state index contributed by atoms with van der Waals surface area (Å²) in [5.41, 5.74) is 13.2. The van der Waals surface area contributed by atoms with Crippen molar-refractivity contribution in [3.05, 3.63) is 65.5 Å². The van der Waals surface area contributed by atoms with E-state index >= 15 is 0 Å². The van der Waals surface area contributed by atoms with Gasteiger partial charge in [-0.3, -0.25) is 0 Å².